The van der Waals surface area contributed by atoms with Crippen molar-refractivity contribution in [2.45, 2.75) is 32.4 Å². The Kier molecular flexibility index (Phi) is 5.30. The molecule has 1 aliphatic rings. The molecule has 1 unspecified atom stereocenters. The predicted molar refractivity (Wildman–Crippen MR) is 70.6 cm³/mol. The largest absolute Gasteiger partial charge is 0.376 e. The summed E-state index contributed by atoms with van der Waals surface area (Å²) in [7, 11) is 0. The van der Waals surface area contributed by atoms with E-state index in [2.05, 4.69) is 10.3 Å². The van der Waals surface area contributed by atoms with Crippen molar-refractivity contribution in [1.29, 1.82) is 0 Å². The van der Waals surface area contributed by atoms with E-state index in [1.807, 2.05) is 25.1 Å². The lowest BCUT2D eigenvalue weighted by Gasteiger charge is -2.10. The third-order valence-corrected chi connectivity index (χ3v) is 2.97. The number of nitrogens with one attached hydrogen (secondary N) is 1. The first-order valence-corrected chi connectivity index (χ1v) is 6.62. The van der Waals surface area contributed by atoms with Crippen molar-refractivity contribution >= 4 is 5.91 Å². The highest BCUT2D eigenvalue weighted by Gasteiger charge is 2.15. The Bertz CT molecular complexity index is 417. The van der Waals surface area contributed by atoms with E-state index in [9.17, 15) is 4.79 Å². The van der Waals surface area contributed by atoms with Crippen molar-refractivity contribution in [2.75, 3.05) is 19.8 Å². The molecule has 0 bridgehead atoms. The third-order valence-electron chi connectivity index (χ3n) is 2.97. The van der Waals surface area contributed by atoms with Crippen LogP contribution in [0.5, 0.6) is 0 Å². The number of nitrogens with zero attached hydrogens (tertiary/aromatic N) is 1. The van der Waals surface area contributed by atoms with Gasteiger partial charge in [0.25, 0.3) is 0 Å². The second-order valence-electron chi connectivity index (χ2n) is 4.70. The maximum atomic E-state index is 11.6. The predicted octanol–water partition coefficient (Wildman–Crippen LogP) is 1.20. The molecule has 1 aliphatic heterocycles. The molecule has 0 saturated carbocycles. The number of ether oxygens (including phenoxy) is 2. The number of aromatic nitrogens is 1. The van der Waals surface area contributed by atoms with Gasteiger partial charge < -0.3 is 14.8 Å². The van der Waals surface area contributed by atoms with Gasteiger partial charge in [-0.15, -0.1) is 0 Å². The fraction of sp³-hybridized carbons (Fsp3) is 0.571. The van der Waals surface area contributed by atoms with Gasteiger partial charge in [0.15, 0.2) is 0 Å². The minimum absolute atomic E-state index is 0.0751. The topological polar surface area (TPSA) is 60.5 Å². The molecule has 0 aliphatic carbocycles. The first kappa shape index (κ1) is 14.0. The van der Waals surface area contributed by atoms with Crippen LogP contribution in [0.4, 0.5) is 0 Å². The Morgan fingerprint density at radius 1 is 1.58 bits per heavy atom. The SMILES string of the molecule is Cc1cccc(CNC(=O)COCC2CCCO2)n1. The Balaban J connectivity index is 1.61. The van der Waals surface area contributed by atoms with Gasteiger partial charge in [0.2, 0.25) is 5.91 Å². The fourth-order valence-corrected chi connectivity index (χ4v) is 2.00. The van der Waals surface area contributed by atoms with E-state index in [4.69, 9.17) is 9.47 Å². The zero-order valence-corrected chi connectivity index (χ0v) is 11.2. The van der Waals surface area contributed by atoms with Gasteiger partial charge in [-0.2, -0.15) is 0 Å². The fourth-order valence-electron chi connectivity index (χ4n) is 2.00. The normalized spacial score (nSPS) is 18.5. The van der Waals surface area contributed by atoms with E-state index in [-0.39, 0.29) is 18.6 Å². The maximum Gasteiger partial charge on any atom is 0.246 e. The van der Waals surface area contributed by atoms with Crippen LogP contribution in [0.1, 0.15) is 24.2 Å². The van der Waals surface area contributed by atoms with Gasteiger partial charge in [-0.25, -0.2) is 0 Å². The van der Waals surface area contributed by atoms with E-state index in [0.717, 1.165) is 30.8 Å². The van der Waals surface area contributed by atoms with Crippen molar-refractivity contribution < 1.29 is 14.3 Å². The van der Waals surface area contributed by atoms with Gasteiger partial charge >= 0.3 is 0 Å². The number of carbonyl (C=O) groups excluding carboxylic acids is 1. The highest BCUT2D eigenvalue weighted by Crippen LogP contribution is 2.11. The lowest BCUT2D eigenvalue weighted by molar-refractivity contribution is -0.127. The Labute approximate surface area is 113 Å². The first-order chi connectivity index (χ1) is 9.24. The van der Waals surface area contributed by atoms with E-state index < -0.39 is 0 Å². The van der Waals surface area contributed by atoms with Gasteiger partial charge in [-0.05, 0) is 31.9 Å². The van der Waals surface area contributed by atoms with Crippen molar-refractivity contribution in [1.82, 2.24) is 10.3 Å². The number of carbonyl (C=O) groups is 1. The molecule has 0 radical (unpaired) electrons. The first-order valence-electron chi connectivity index (χ1n) is 6.62. The van der Waals surface area contributed by atoms with E-state index in [1.165, 1.54) is 0 Å². The Hall–Kier alpha value is -1.46. The second kappa shape index (κ2) is 7.21. The molecule has 104 valence electrons. The minimum atomic E-state index is -0.124. The van der Waals surface area contributed by atoms with E-state index in [1.54, 1.807) is 0 Å². The summed E-state index contributed by atoms with van der Waals surface area (Å²) < 4.78 is 10.7. The number of pyridine rings is 1. The zero-order valence-electron chi connectivity index (χ0n) is 11.2. The van der Waals surface area contributed by atoms with Crippen molar-refractivity contribution in [3.05, 3.63) is 29.6 Å². The van der Waals surface area contributed by atoms with Crippen LogP contribution < -0.4 is 5.32 Å². The van der Waals surface area contributed by atoms with Gasteiger partial charge in [0, 0.05) is 12.3 Å². The third kappa shape index (κ3) is 4.96. The molecule has 1 aromatic rings. The average molecular weight is 264 g/mol. The number of hydrogen-bond acceptors (Lipinski definition) is 4. The number of rotatable bonds is 6. The maximum absolute atomic E-state index is 11.6. The molecular weight excluding hydrogens is 244 g/mol. The summed E-state index contributed by atoms with van der Waals surface area (Å²) in [6.45, 7) is 3.74. The van der Waals surface area contributed by atoms with Crippen LogP contribution in [0.2, 0.25) is 0 Å². The molecular formula is C14H20N2O3. The summed E-state index contributed by atoms with van der Waals surface area (Å²) in [5.41, 5.74) is 1.80. The van der Waals surface area contributed by atoms with Crippen LogP contribution in [-0.4, -0.2) is 36.8 Å². The molecule has 1 N–H and O–H groups in total. The standard InChI is InChI=1S/C14H20N2O3/c1-11-4-2-5-12(16-11)8-15-14(17)10-18-9-13-6-3-7-19-13/h2,4-5,13H,3,6-10H2,1H3,(H,15,17). The molecule has 1 atom stereocenters. The van der Waals surface area contributed by atoms with E-state index >= 15 is 0 Å². The molecule has 0 aromatic carbocycles. The molecule has 5 nitrogen and oxygen atoms in total. The lowest BCUT2D eigenvalue weighted by atomic mass is 10.2. The summed E-state index contributed by atoms with van der Waals surface area (Å²) in [6.07, 6.45) is 2.26. The van der Waals surface area contributed by atoms with Crippen molar-refractivity contribution in [3.63, 3.8) is 0 Å². The highest BCUT2D eigenvalue weighted by atomic mass is 16.5. The van der Waals surface area contributed by atoms with Gasteiger partial charge in [-0.3, -0.25) is 9.78 Å². The monoisotopic (exact) mass is 264 g/mol. The molecule has 19 heavy (non-hydrogen) atoms. The Morgan fingerprint density at radius 2 is 2.47 bits per heavy atom. The smallest absolute Gasteiger partial charge is 0.246 e. The highest BCUT2D eigenvalue weighted by molar-refractivity contribution is 5.77. The number of amides is 1. The number of hydrogen-bond donors (Lipinski definition) is 1. The molecule has 0 spiro atoms. The van der Waals surface area contributed by atoms with Gasteiger partial charge in [0.1, 0.15) is 6.61 Å². The molecule has 1 fully saturated rings. The van der Waals surface area contributed by atoms with Gasteiger partial charge in [0.05, 0.1) is 24.9 Å². The van der Waals surface area contributed by atoms with Crippen LogP contribution >= 0.6 is 0 Å². The lowest BCUT2D eigenvalue weighted by Crippen LogP contribution is -2.29. The van der Waals surface area contributed by atoms with Crippen LogP contribution in [0.25, 0.3) is 0 Å². The minimum Gasteiger partial charge on any atom is -0.376 e. The summed E-state index contributed by atoms with van der Waals surface area (Å²) >= 11 is 0. The van der Waals surface area contributed by atoms with Crippen LogP contribution in [-0.2, 0) is 20.8 Å². The second-order valence-corrected chi connectivity index (χ2v) is 4.70. The summed E-state index contributed by atoms with van der Waals surface area (Å²) in [4.78, 5) is 15.9. The molecule has 1 aromatic heterocycles. The van der Waals surface area contributed by atoms with Crippen LogP contribution in [0.15, 0.2) is 18.2 Å². The quantitative estimate of drug-likeness (QED) is 0.838. The summed E-state index contributed by atoms with van der Waals surface area (Å²) in [5.74, 6) is -0.124. The van der Waals surface area contributed by atoms with Crippen molar-refractivity contribution in [2.24, 2.45) is 0 Å². The van der Waals surface area contributed by atoms with Crippen molar-refractivity contribution in [3.8, 4) is 0 Å². The molecule has 1 saturated heterocycles. The zero-order chi connectivity index (χ0) is 13.5. The molecule has 5 heteroatoms. The Morgan fingerprint density at radius 3 is 3.21 bits per heavy atom. The molecule has 1 amide bonds. The molecule has 2 heterocycles. The summed E-state index contributed by atoms with van der Waals surface area (Å²) in [6, 6.07) is 5.74. The molecule has 2 rings (SSSR count). The van der Waals surface area contributed by atoms with Crippen LogP contribution in [0, 0.1) is 6.92 Å². The van der Waals surface area contributed by atoms with Gasteiger partial charge in [-0.1, -0.05) is 6.07 Å². The van der Waals surface area contributed by atoms with E-state index in [0.29, 0.717) is 13.2 Å². The summed E-state index contributed by atoms with van der Waals surface area (Å²) in [5, 5.41) is 2.78. The van der Waals surface area contributed by atoms with Crippen LogP contribution in [0.3, 0.4) is 0 Å². The number of aryl methyl sites for hydroxylation is 1. The average Bonchev–Trinajstić information content (AvgIpc) is 2.90.